The van der Waals surface area contributed by atoms with Crippen molar-refractivity contribution in [2.45, 2.75) is 31.7 Å². The number of nitrogens with zero attached hydrogens (tertiary/aromatic N) is 2. The van der Waals surface area contributed by atoms with Crippen LogP contribution in [0.25, 0.3) is 0 Å². The quantitative estimate of drug-likeness (QED) is 0.870. The lowest BCUT2D eigenvalue weighted by atomic mass is 10.2. The van der Waals surface area contributed by atoms with E-state index in [1.165, 1.54) is 11.3 Å². The van der Waals surface area contributed by atoms with Gasteiger partial charge in [0.15, 0.2) is 0 Å². The molecule has 0 amide bonds. The number of hydrogen-bond acceptors (Lipinski definition) is 4. The van der Waals surface area contributed by atoms with Crippen molar-refractivity contribution in [1.82, 2.24) is 14.5 Å². The topological polar surface area (TPSA) is 64.0 Å². The zero-order valence-corrected chi connectivity index (χ0v) is 14.7. The summed E-state index contributed by atoms with van der Waals surface area (Å²) in [6, 6.07) is 1.63. The lowest BCUT2D eigenvalue weighted by Gasteiger charge is -2.05. The molecule has 8 heteroatoms. The third-order valence-electron chi connectivity index (χ3n) is 2.91. The highest BCUT2D eigenvalue weighted by atomic mass is 79.9. The van der Waals surface area contributed by atoms with Gasteiger partial charge in [-0.25, -0.2) is 13.1 Å². The number of rotatable bonds is 5. The third kappa shape index (κ3) is 3.30. The summed E-state index contributed by atoms with van der Waals surface area (Å²) in [7, 11) is -1.66. The first-order chi connectivity index (χ1) is 9.33. The van der Waals surface area contributed by atoms with Crippen LogP contribution in [-0.4, -0.2) is 18.2 Å². The standard InChI is InChI=1S/C12H16BrN3O2S2/c1-4-10-9(7-16(3)15-10)6-14-20(17,18)11-5-12(13)19-8(11)2/h5,7,14H,4,6H2,1-3H3. The van der Waals surface area contributed by atoms with Gasteiger partial charge in [0.1, 0.15) is 0 Å². The van der Waals surface area contributed by atoms with Crippen molar-refractivity contribution in [3.05, 3.63) is 32.2 Å². The largest absolute Gasteiger partial charge is 0.275 e. The molecular weight excluding hydrogens is 362 g/mol. The van der Waals surface area contributed by atoms with Gasteiger partial charge in [-0.3, -0.25) is 4.68 Å². The van der Waals surface area contributed by atoms with Crippen LogP contribution in [0.15, 0.2) is 20.9 Å². The summed E-state index contributed by atoms with van der Waals surface area (Å²) < 4.78 is 29.7. The van der Waals surface area contributed by atoms with E-state index in [-0.39, 0.29) is 6.54 Å². The van der Waals surface area contributed by atoms with Crippen molar-refractivity contribution in [2.75, 3.05) is 0 Å². The molecule has 0 aliphatic rings. The van der Waals surface area contributed by atoms with E-state index in [4.69, 9.17) is 0 Å². The molecule has 0 spiro atoms. The minimum absolute atomic E-state index is 0.256. The predicted molar refractivity (Wildman–Crippen MR) is 83.4 cm³/mol. The van der Waals surface area contributed by atoms with Crippen LogP contribution < -0.4 is 4.72 Å². The number of halogens is 1. The smallest absolute Gasteiger partial charge is 0.242 e. The summed E-state index contributed by atoms with van der Waals surface area (Å²) in [5.41, 5.74) is 1.82. The van der Waals surface area contributed by atoms with Gasteiger partial charge in [0.25, 0.3) is 0 Å². The van der Waals surface area contributed by atoms with E-state index < -0.39 is 10.0 Å². The number of thiophene rings is 1. The molecule has 2 aromatic heterocycles. The summed E-state index contributed by atoms with van der Waals surface area (Å²) >= 11 is 4.72. The van der Waals surface area contributed by atoms with Crippen molar-refractivity contribution in [3.63, 3.8) is 0 Å². The van der Waals surface area contributed by atoms with Gasteiger partial charge >= 0.3 is 0 Å². The molecule has 0 saturated carbocycles. The van der Waals surface area contributed by atoms with Crippen LogP contribution in [0.3, 0.4) is 0 Å². The second-order valence-electron chi connectivity index (χ2n) is 4.42. The summed E-state index contributed by atoms with van der Waals surface area (Å²) in [6.45, 7) is 4.05. The summed E-state index contributed by atoms with van der Waals surface area (Å²) in [5.74, 6) is 0. The van der Waals surface area contributed by atoms with Gasteiger partial charge in [0, 0.05) is 30.2 Å². The second kappa shape index (κ2) is 5.97. The lowest BCUT2D eigenvalue weighted by Crippen LogP contribution is -2.23. The van der Waals surface area contributed by atoms with Gasteiger partial charge in [-0.2, -0.15) is 5.10 Å². The van der Waals surface area contributed by atoms with Crippen LogP contribution in [0.2, 0.25) is 0 Å². The Kier molecular flexibility index (Phi) is 4.68. The molecule has 0 bridgehead atoms. The van der Waals surface area contributed by atoms with Gasteiger partial charge in [0.2, 0.25) is 10.0 Å². The number of sulfonamides is 1. The Morgan fingerprint density at radius 3 is 2.75 bits per heavy atom. The predicted octanol–water partition coefficient (Wildman–Crippen LogP) is 2.59. The maximum Gasteiger partial charge on any atom is 0.242 e. The first-order valence-corrected chi connectivity index (χ1v) is 9.19. The molecule has 2 aromatic rings. The van der Waals surface area contributed by atoms with Crippen LogP contribution in [-0.2, 0) is 30.0 Å². The Balaban J connectivity index is 2.19. The highest BCUT2D eigenvalue weighted by Crippen LogP contribution is 2.29. The first kappa shape index (κ1) is 15.7. The average molecular weight is 378 g/mol. The number of hydrogen-bond donors (Lipinski definition) is 1. The molecule has 2 heterocycles. The fourth-order valence-electron chi connectivity index (χ4n) is 1.98. The fourth-order valence-corrected chi connectivity index (χ4v) is 5.40. The lowest BCUT2D eigenvalue weighted by molar-refractivity contribution is 0.581. The molecule has 0 aliphatic heterocycles. The van der Waals surface area contributed by atoms with Crippen molar-refractivity contribution in [1.29, 1.82) is 0 Å². The van der Waals surface area contributed by atoms with Crippen molar-refractivity contribution in [3.8, 4) is 0 Å². The molecule has 110 valence electrons. The van der Waals surface area contributed by atoms with E-state index in [1.54, 1.807) is 17.7 Å². The van der Waals surface area contributed by atoms with Gasteiger partial charge in [0.05, 0.1) is 14.4 Å². The molecule has 0 fully saturated rings. The minimum Gasteiger partial charge on any atom is -0.275 e. The molecule has 0 radical (unpaired) electrons. The maximum absolute atomic E-state index is 12.3. The second-order valence-corrected chi connectivity index (χ2v) is 8.79. The summed E-state index contributed by atoms with van der Waals surface area (Å²) in [4.78, 5) is 1.10. The van der Waals surface area contributed by atoms with Crippen molar-refractivity contribution >= 4 is 37.3 Å². The normalized spacial score (nSPS) is 12.0. The Labute approximate surface area is 131 Å². The molecule has 5 nitrogen and oxygen atoms in total. The molecule has 0 aromatic carbocycles. The number of aryl methyl sites for hydroxylation is 3. The van der Waals surface area contributed by atoms with Gasteiger partial charge in [-0.1, -0.05) is 6.92 Å². The van der Waals surface area contributed by atoms with Gasteiger partial charge in [-0.05, 0) is 35.3 Å². The fraction of sp³-hybridized carbons (Fsp3) is 0.417. The SMILES string of the molecule is CCc1nn(C)cc1CNS(=O)(=O)c1cc(Br)sc1C. The zero-order valence-electron chi connectivity index (χ0n) is 11.5. The monoisotopic (exact) mass is 377 g/mol. The van der Waals surface area contributed by atoms with Crippen LogP contribution in [0.5, 0.6) is 0 Å². The van der Waals surface area contributed by atoms with Crippen molar-refractivity contribution in [2.24, 2.45) is 7.05 Å². The van der Waals surface area contributed by atoms with E-state index in [0.717, 1.165) is 26.3 Å². The molecule has 0 aliphatic carbocycles. The van der Waals surface area contributed by atoms with E-state index >= 15 is 0 Å². The van der Waals surface area contributed by atoms with E-state index in [0.29, 0.717) is 4.90 Å². The van der Waals surface area contributed by atoms with Crippen molar-refractivity contribution < 1.29 is 8.42 Å². The first-order valence-electron chi connectivity index (χ1n) is 6.10. The Hall–Kier alpha value is -0.700. The highest BCUT2D eigenvalue weighted by molar-refractivity contribution is 9.11. The van der Waals surface area contributed by atoms with Gasteiger partial charge in [-0.15, -0.1) is 11.3 Å². The van der Waals surface area contributed by atoms with Gasteiger partial charge < -0.3 is 0 Å². The Bertz CT molecular complexity index is 719. The molecule has 0 saturated heterocycles. The number of aromatic nitrogens is 2. The van der Waals surface area contributed by atoms with Crippen LogP contribution in [0, 0.1) is 6.92 Å². The van der Waals surface area contributed by atoms with E-state index in [9.17, 15) is 8.42 Å². The average Bonchev–Trinajstić information content (AvgIpc) is 2.89. The third-order valence-corrected chi connectivity index (χ3v) is 6.12. The minimum atomic E-state index is -3.49. The van der Waals surface area contributed by atoms with Crippen LogP contribution >= 0.6 is 27.3 Å². The van der Waals surface area contributed by atoms with E-state index in [2.05, 4.69) is 25.8 Å². The highest BCUT2D eigenvalue weighted by Gasteiger charge is 2.20. The zero-order chi connectivity index (χ0) is 14.9. The van der Waals surface area contributed by atoms with E-state index in [1.807, 2.05) is 20.2 Å². The maximum atomic E-state index is 12.3. The van der Waals surface area contributed by atoms with Crippen LogP contribution in [0.4, 0.5) is 0 Å². The molecule has 2 rings (SSSR count). The number of nitrogens with one attached hydrogen (secondary N) is 1. The summed E-state index contributed by atoms with van der Waals surface area (Å²) in [6.07, 6.45) is 2.62. The molecule has 0 unspecified atom stereocenters. The van der Waals surface area contributed by atoms with Crippen LogP contribution in [0.1, 0.15) is 23.1 Å². The Morgan fingerprint density at radius 1 is 1.50 bits per heavy atom. The molecule has 20 heavy (non-hydrogen) atoms. The molecule has 0 atom stereocenters. The Morgan fingerprint density at radius 2 is 2.20 bits per heavy atom. The molecular formula is C12H16BrN3O2S2. The summed E-state index contributed by atoms with van der Waals surface area (Å²) in [5, 5.41) is 4.30. The molecule has 1 N–H and O–H groups in total.